The molecule has 0 aliphatic carbocycles. The van der Waals surface area contributed by atoms with Crippen LogP contribution >= 0.6 is 0 Å². The van der Waals surface area contributed by atoms with Crippen molar-refractivity contribution in [3.05, 3.63) is 48.6 Å². The fourth-order valence-electron chi connectivity index (χ4n) is 3.53. The second kappa shape index (κ2) is 26.4. The minimum absolute atomic E-state index is 0.135. The van der Waals surface area contributed by atoms with Crippen LogP contribution in [0.25, 0.3) is 0 Å². The molecule has 0 saturated carbocycles. The van der Waals surface area contributed by atoms with Crippen LogP contribution in [0.4, 0.5) is 0 Å². The van der Waals surface area contributed by atoms with Gasteiger partial charge in [0.25, 0.3) is 0 Å². The van der Waals surface area contributed by atoms with Crippen molar-refractivity contribution in [3.8, 4) is 0 Å². The summed E-state index contributed by atoms with van der Waals surface area (Å²) in [6, 6.07) is 0. The molecular formula is C31H52O7. The van der Waals surface area contributed by atoms with E-state index < -0.39 is 24.8 Å². The fourth-order valence-corrected chi connectivity index (χ4v) is 3.53. The van der Waals surface area contributed by atoms with Gasteiger partial charge in [-0.3, -0.25) is 9.59 Å². The maximum Gasteiger partial charge on any atom is 0.306 e. The number of esters is 2. The van der Waals surface area contributed by atoms with E-state index in [1.165, 1.54) is 0 Å². The molecule has 218 valence electrons. The Bertz CT molecular complexity index is 696. The Labute approximate surface area is 230 Å². The summed E-state index contributed by atoms with van der Waals surface area (Å²) < 4.78 is 10.3. The standard InChI is InChI=1S/C31H52O7/c1-3-5-7-11-17-23-31(36)38-29(25-32)26-37-30(35)24-18-22-28(34)21-16-13-10-8-9-12-15-20-27(33)19-14-6-4-2/h9-10,12-13,15-16,20-21,27-29,32-34H,3-8,11,14,17-19,22-26H2,1-2H3/b12-9-,13-10-,20-15+,21-16+/t27-,28-,29-/m0/s1. The van der Waals surface area contributed by atoms with Gasteiger partial charge in [-0.1, -0.05) is 107 Å². The number of carbonyl (C=O) groups excluding carboxylic acids is 2. The average Bonchev–Trinajstić information content (AvgIpc) is 2.90. The molecule has 0 fully saturated rings. The van der Waals surface area contributed by atoms with Crippen LogP contribution in [0, 0.1) is 0 Å². The molecule has 0 heterocycles. The van der Waals surface area contributed by atoms with Crippen molar-refractivity contribution in [3.63, 3.8) is 0 Å². The van der Waals surface area contributed by atoms with Crippen molar-refractivity contribution in [1.29, 1.82) is 0 Å². The Balaban J connectivity index is 3.95. The third-order valence-corrected chi connectivity index (χ3v) is 5.83. The van der Waals surface area contributed by atoms with Crippen LogP contribution in [-0.2, 0) is 19.1 Å². The lowest BCUT2D eigenvalue weighted by atomic mass is 10.1. The lowest BCUT2D eigenvalue weighted by molar-refractivity contribution is -0.161. The smallest absolute Gasteiger partial charge is 0.306 e. The largest absolute Gasteiger partial charge is 0.462 e. The Morgan fingerprint density at radius 2 is 1.26 bits per heavy atom. The highest BCUT2D eigenvalue weighted by molar-refractivity contribution is 5.70. The number of unbranched alkanes of at least 4 members (excludes halogenated alkanes) is 6. The highest BCUT2D eigenvalue weighted by Gasteiger charge is 2.16. The van der Waals surface area contributed by atoms with E-state index in [1.807, 2.05) is 30.4 Å². The molecule has 0 saturated heterocycles. The van der Waals surface area contributed by atoms with Crippen molar-refractivity contribution in [2.45, 2.75) is 122 Å². The van der Waals surface area contributed by atoms with E-state index in [9.17, 15) is 24.9 Å². The zero-order valence-corrected chi connectivity index (χ0v) is 23.6. The topological polar surface area (TPSA) is 113 Å². The SMILES string of the molecule is CCCCCCCC(=O)O[C@@H](CO)COC(=O)CCC[C@@H](O)/C=C/C=C\C/C=C\C=C\[C@@H](O)CCCCC. The highest BCUT2D eigenvalue weighted by Crippen LogP contribution is 2.08. The van der Waals surface area contributed by atoms with Crippen molar-refractivity contribution < 1.29 is 34.4 Å². The molecule has 0 spiro atoms. The van der Waals surface area contributed by atoms with Gasteiger partial charge in [-0.2, -0.15) is 0 Å². The number of aliphatic hydroxyl groups excluding tert-OH is 3. The van der Waals surface area contributed by atoms with Crippen LogP contribution in [-0.4, -0.2) is 58.8 Å². The van der Waals surface area contributed by atoms with Gasteiger partial charge in [0, 0.05) is 12.8 Å². The molecule has 3 N–H and O–H groups in total. The van der Waals surface area contributed by atoms with Gasteiger partial charge in [-0.05, 0) is 32.1 Å². The van der Waals surface area contributed by atoms with Crippen LogP contribution < -0.4 is 0 Å². The van der Waals surface area contributed by atoms with Crippen LogP contribution in [0.3, 0.4) is 0 Å². The first-order valence-corrected chi connectivity index (χ1v) is 14.4. The lowest BCUT2D eigenvalue weighted by Crippen LogP contribution is -2.28. The van der Waals surface area contributed by atoms with Crippen LogP contribution in [0.15, 0.2) is 48.6 Å². The first-order chi connectivity index (χ1) is 18.4. The van der Waals surface area contributed by atoms with Gasteiger partial charge in [0.1, 0.15) is 6.61 Å². The maximum atomic E-state index is 11.9. The molecule has 0 bridgehead atoms. The first-order valence-electron chi connectivity index (χ1n) is 14.4. The molecule has 0 aromatic heterocycles. The van der Waals surface area contributed by atoms with Gasteiger partial charge in [0.2, 0.25) is 0 Å². The van der Waals surface area contributed by atoms with Crippen molar-refractivity contribution in [2.75, 3.05) is 13.2 Å². The van der Waals surface area contributed by atoms with Crippen LogP contribution in [0.1, 0.15) is 104 Å². The zero-order valence-electron chi connectivity index (χ0n) is 23.6. The number of aliphatic hydroxyl groups is 3. The third kappa shape index (κ3) is 24.1. The Hall–Kier alpha value is -2.22. The van der Waals surface area contributed by atoms with Gasteiger partial charge in [0.05, 0.1) is 18.8 Å². The molecule has 0 aromatic carbocycles. The van der Waals surface area contributed by atoms with E-state index >= 15 is 0 Å². The monoisotopic (exact) mass is 536 g/mol. The second-order valence-corrected chi connectivity index (χ2v) is 9.53. The molecule has 0 rings (SSSR count). The average molecular weight is 537 g/mol. The number of ether oxygens (including phenoxy) is 2. The Morgan fingerprint density at radius 3 is 1.87 bits per heavy atom. The lowest BCUT2D eigenvalue weighted by Gasteiger charge is -2.16. The minimum Gasteiger partial charge on any atom is -0.462 e. The summed E-state index contributed by atoms with van der Waals surface area (Å²) in [6.07, 6.45) is 24.2. The summed E-state index contributed by atoms with van der Waals surface area (Å²) in [7, 11) is 0. The van der Waals surface area contributed by atoms with Gasteiger partial charge in [-0.15, -0.1) is 0 Å². The number of hydrogen-bond acceptors (Lipinski definition) is 7. The molecule has 0 aliphatic rings. The Morgan fingerprint density at radius 1 is 0.711 bits per heavy atom. The summed E-state index contributed by atoms with van der Waals surface area (Å²) in [5, 5.41) is 29.2. The first kappa shape index (κ1) is 35.8. The van der Waals surface area contributed by atoms with E-state index in [0.29, 0.717) is 19.3 Å². The quantitative estimate of drug-likeness (QED) is 0.0802. The molecule has 0 radical (unpaired) electrons. The number of allylic oxidation sites excluding steroid dienone is 6. The summed E-state index contributed by atoms with van der Waals surface area (Å²) in [5.41, 5.74) is 0. The second-order valence-electron chi connectivity index (χ2n) is 9.53. The highest BCUT2D eigenvalue weighted by atomic mass is 16.6. The predicted octanol–water partition coefficient (Wildman–Crippen LogP) is 5.88. The summed E-state index contributed by atoms with van der Waals surface area (Å²) in [5.74, 6) is -0.842. The van der Waals surface area contributed by atoms with Gasteiger partial charge in [0.15, 0.2) is 6.10 Å². The zero-order chi connectivity index (χ0) is 28.3. The van der Waals surface area contributed by atoms with E-state index in [-0.39, 0.29) is 25.1 Å². The van der Waals surface area contributed by atoms with Crippen LogP contribution in [0.5, 0.6) is 0 Å². The summed E-state index contributed by atoms with van der Waals surface area (Å²) >= 11 is 0. The molecule has 0 amide bonds. The predicted molar refractivity (Wildman–Crippen MR) is 152 cm³/mol. The van der Waals surface area contributed by atoms with Gasteiger partial charge < -0.3 is 24.8 Å². The normalized spacial score (nSPS) is 14.6. The summed E-state index contributed by atoms with van der Waals surface area (Å²) in [4.78, 5) is 23.8. The molecule has 3 atom stereocenters. The molecular weight excluding hydrogens is 484 g/mol. The number of rotatable bonds is 24. The Kier molecular flexibility index (Phi) is 24.8. The maximum absolute atomic E-state index is 11.9. The van der Waals surface area contributed by atoms with Crippen molar-refractivity contribution >= 4 is 11.9 Å². The van der Waals surface area contributed by atoms with E-state index in [2.05, 4.69) is 13.8 Å². The minimum atomic E-state index is -0.851. The molecule has 0 unspecified atom stereocenters. The molecule has 7 nitrogen and oxygen atoms in total. The van der Waals surface area contributed by atoms with Crippen molar-refractivity contribution in [2.24, 2.45) is 0 Å². The van der Waals surface area contributed by atoms with Crippen LogP contribution in [0.2, 0.25) is 0 Å². The number of carbonyl (C=O) groups is 2. The van der Waals surface area contributed by atoms with Crippen molar-refractivity contribution in [1.82, 2.24) is 0 Å². The molecule has 0 aromatic rings. The molecule has 7 heteroatoms. The van der Waals surface area contributed by atoms with Gasteiger partial charge in [-0.25, -0.2) is 0 Å². The van der Waals surface area contributed by atoms with E-state index in [4.69, 9.17) is 9.47 Å². The van der Waals surface area contributed by atoms with E-state index in [1.54, 1.807) is 18.2 Å². The number of hydrogen-bond donors (Lipinski definition) is 3. The molecule has 0 aliphatic heterocycles. The summed E-state index contributed by atoms with van der Waals surface area (Å²) in [6.45, 7) is 3.70. The third-order valence-electron chi connectivity index (χ3n) is 5.83. The van der Waals surface area contributed by atoms with E-state index in [0.717, 1.165) is 64.2 Å². The van der Waals surface area contributed by atoms with Gasteiger partial charge >= 0.3 is 11.9 Å². The fraction of sp³-hybridized carbons (Fsp3) is 0.677. The molecule has 38 heavy (non-hydrogen) atoms.